The number of Topliss-reactive ketones (excluding diaryl/α,β-unsaturated/α-hetero) is 1. The van der Waals surface area contributed by atoms with Crippen LogP contribution < -0.4 is 4.74 Å². The molecule has 6 heteroatoms. The van der Waals surface area contributed by atoms with E-state index in [4.69, 9.17) is 4.74 Å². The molecular formula is C35H48N4O2. The number of hydrogen-bond donors (Lipinski definition) is 0. The van der Waals surface area contributed by atoms with E-state index in [1.165, 1.54) is 39.0 Å². The van der Waals surface area contributed by atoms with Crippen molar-refractivity contribution in [1.82, 2.24) is 9.88 Å². The number of benzene rings is 2. The molecule has 0 bridgehead atoms. The number of amidine groups is 2. The molecule has 41 heavy (non-hydrogen) atoms. The third kappa shape index (κ3) is 12.9. The zero-order valence-electron chi connectivity index (χ0n) is 26.2. The molecule has 0 atom stereocenters. The highest BCUT2D eigenvalue weighted by atomic mass is 16.5. The molecule has 1 aromatic heterocycles. The molecule has 0 aliphatic heterocycles. The van der Waals surface area contributed by atoms with E-state index in [1.807, 2.05) is 94.4 Å². The number of carbonyl (C=O) groups is 1. The van der Waals surface area contributed by atoms with Gasteiger partial charge in [-0.05, 0) is 75.9 Å². The number of aryl methyl sites for hydroxylation is 1. The summed E-state index contributed by atoms with van der Waals surface area (Å²) < 4.78 is 5.59. The zero-order chi connectivity index (χ0) is 30.2. The summed E-state index contributed by atoms with van der Waals surface area (Å²) in [6.45, 7) is 12.1. The summed E-state index contributed by atoms with van der Waals surface area (Å²) in [5.41, 5.74) is 2.59. The summed E-state index contributed by atoms with van der Waals surface area (Å²) >= 11 is 0. The van der Waals surface area contributed by atoms with Gasteiger partial charge in [-0.15, -0.1) is 0 Å². The standard InChI is InChI=1S/C14H13NO2.C12H17N3.C9H18/c1-10-5-7-12(8-6-10)17-14-13(11(2)16)4-3-9-15-14;1-10(13-11(2)15(3)4)14-12-8-6-5-7-9-12;1-3-9-6-4-8(2)5-7-9/h3-9H,1-2H3;5-9H,1-4H3;8-9H,3-7H2,1-2H3. The summed E-state index contributed by atoms with van der Waals surface area (Å²) in [7, 11) is 3.93. The second-order valence-corrected chi connectivity index (χ2v) is 10.9. The molecule has 0 saturated heterocycles. The van der Waals surface area contributed by atoms with Crippen molar-refractivity contribution in [3.05, 3.63) is 84.1 Å². The van der Waals surface area contributed by atoms with Crippen molar-refractivity contribution in [2.45, 2.75) is 73.6 Å². The van der Waals surface area contributed by atoms with Crippen LogP contribution in [-0.4, -0.2) is 41.4 Å². The molecule has 6 nitrogen and oxygen atoms in total. The largest absolute Gasteiger partial charge is 0.438 e. The van der Waals surface area contributed by atoms with Crippen LogP contribution in [-0.2, 0) is 0 Å². The lowest BCUT2D eigenvalue weighted by atomic mass is 9.82. The molecule has 1 aliphatic carbocycles. The van der Waals surface area contributed by atoms with Gasteiger partial charge in [-0.25, -0.2) is 15.0 Å². The topological polar surface area (TPSA) is 67.2 Å². The van der Waals surface area contributed by atoms with Gasteiger partial charge in [0.15, 0.2) is 5.78 Å². The first-order chi connectivity index (χ1) is 19.6. The summed E-state index contributed by atoms with van der Waals surface area (Å²) in [6, 6.07) is 20.9. The first-order valence-electron chi connectivity index (χ1n) is 14.6. The second-order valence-electron chi connectivity index (χ2n) is 10.9. The first kappa shape index (κ1) is 33.4. The Balaban J connectivity index is 0.000000225. The fourth-order valence-corrected chi connectivity index (χ4v) is 4.24. The van der Waals surface area contributed by atoms with Crippen molar-refractivity contribution in [3.63, 3.8) is 0 Å². The van der Waals surface area contributed by atoms with Crippen molar-refractivity contribution in [2.75, 3.05) is 14.1 Å². The monoisotopic (exact) mass is 556 g/mol. The summed E-state index contributed by atoms with van der Waals surface area (Å²) in [6.07, 6.45) is 8.98. The predicted molar refractivity (Wildman–Crippen MR) is 173 cm³/mol. The molecule has 1 saturated carbocycles. The third-order valence-electron chi connectivity index (χ3n) is 7.12. The van der Waals surface area contributed by atoms with Crippen molar-refractivity contribution < 1.29 is 9.53 Å². The van der Waals surface area contributed by atoms with Crippen molar-refractivity contribution in [1.29, 1.82) is 0 Å². The molecule has 1 fully saturated rings. The number of para-hydroxylation sites is 1. The molecule has 0 amide bonds. The minimum Gasteiger partial charge on any atom is -0.438 e. The van der Waals surface area contributed by atoms with E-state index >= 15 is 0 Å². The fraction of sp³-hybridized carbons (Fsp3) is 0.429. The van der Waals surface area contributed by atoms with E-state index in [0.29, 0.717) is 17.2 Å². The molecule has 2 aromatic carbocycles. The maximum absolute atomic E-state index is 11.4. The molecule has 4 rings (SSSR count). The van der Waals surface area contributed by atoms with E-state index in [9.17, 15) is 4.79 Å². The molecule has 0 unspecified atom stereocenters. The number of carbonyl (C=O) groups excluding carboxylic acids is 1. The number of nitrogens with zero attached hydrogens (tertiary/aromatic N) is 4. The van der Waals surface area contributed by atoms with Crippen LogP contribution in [0.3, 0.4) is 0 Å². The molecule has 1 aliphatic rings. The van der Waals surface area contributed by atoms with Gasteiger partial charge in [-0.2, -0.15) is 0 Å². The van der Waals surface area contributed by atoms with Crippen LogP contribution in [0.25, 0.3) is 0 Å². The number of aliphatic imine (C=N–C) groups is 2. The van der Waals surface area contributed by atoms with Crippen LogP contribution in [0.2, 0.25) is 0 Å². The molecule has 1 heterocycles. The van der Waals surface area contributed by atoms with Gasteiger partial charge in [-0.1, -0.05) is 81.8 Å². The maximum Gasteiger partial charge on any atom is 0.230 e. The normalized spacial score (nSPS) is 16.9. The van der Waals surface area contributed by atoms with Gasteiger partial charge in [0.05, 0.1) is 11.3 Å². The Morgan fingerprint density at radius 2 is 1.56 bits per heavy atom. The van der Waals surface area contributed by atoms with Crippen LogP contribution >= 0.6 is 0 Å². The fourth-order valence-electron chi connectivity index (χ4n) is 4.24. The highest BCUT2D eigenvalue weighted by molar-refractivity contribution is 5.96. The Kier molecular flexibility index (Phi) is 14.5. The van der Waals surface area contributed by atoms with E-state index in [-0.39, 0.29) is 5.78 Å². The number of rotatable bonds is 5. The van der Waals surface area contributed by atoms with Crippen LogP contribution in [0.5, 0.6) is 11.6 Å². The van der Waals surface area contributed by atoms with Gasteiger partial charge in [-0.3, -0.25) is 4.79 Å². The van der Waals surface area contributed by atoms with Gasteiger partial charge in [0, 0.05) is 20.3 Å². The number of ether oxygens (including phenoxy) is 1. The summed E-state index contributed by atoms with van der Waals surface area (Å²) in [5.74, 6) is 4.79. The van der Waals surface area contributed by atoms with E-state index in [0.717, 1.165) is 34.8 Å². The highest BCUT2D eigenvalue weighted by Crippen LogP contribution is 2.29. The molecule has 3 aromatic rings. The van der Waals surface area contributed by atoms with E-state index in [2.05, 4.69) is 28.8 Å². The Hall–Kier alpha value is -3.80. The lowest BCUT2D eigenvalue weighted by molar-refractivity contribution is 0.101. The lowest BCUT2D eigenvalue weighted by Gasteiger charge is -2.24. The Morgan fingerprint density at radius 1 is 0.927 bits per heavy atom. The summed E-state index contributed by atoms with van der Waals surface area (Å²) in [4.78, 5) is 26.2. The zero-order valence-corrected chi connectivity index (χ0v) is 26.2. The average Bonchev–Trinajstić information content (AvgIpc) is 2.96. The molecular weight excluding hydrogens is 508 g/mol. The Bertz CT molecular complexity index is 1240. The lowest BCUT2D eigenvalue weighted by Crippen LogP contribution is -2.19. The van der Waals surface area contributed by atoms with E-state index in [1.54, 1.807) is 18.3 Å². The van der Waals surface area contributed by atoms with Crippen molar-refractivity contribution in [3.8, 4) is 11.6 Å². The average molecular weight is 557 g/mol. The molecule has 0 radical (unpaired) electrons. The number of aromatic nitrogens is 1. The van der Waals surface area contributed by atoms with Gasteiger partial charge >= 0.3 is 0 Å². The van der Waals surface area contributed by atoms with E-state index < -0.39 is 0 Å². The Morgan fingerprint density at radius 3 is 2.12 bits per heavy atom. The molecule has 0 spiro atoms. The predicted octanol–water partition coefficient (Wildman–Crippen LogP) is 9.32. The maximum atomic E-state index is 11.4. The van der Waals surface area contributed by atoms with Crippen LogP contribution in [0.1, 0.15) is 82.6 Å². The number of hydrogen-bond acceptors (Lipinski definition) is 4. The van der Waals surface area contributed by atoms with Crippen LogP contribution in [0.15, 0.2) is 82.9 Å². The smallest absolute Gasteiger partial charge is 0.230 e. The quantitative estimate of drug-likeness (QED) is 0.178. The van der Waals surface area contributed by atoms with Crippen molar-refractivity contribution in [2.24, 2.45) is 21.8 Å². The Labute approximate surface area is 247 Å². The number of ketones is 1. The van der Waals surface area contributed by atoms with Crippen LogP contribution in [0, 0.1) is 18.8 Å². The van der Waals surface area contributed by atoms with Gasteiger partial charge in [0.2, 0.25) is 5.88 Å². The highest BCUT2D eigenvalue weighted by Gasteiger charge is 2.15. The SMILES string of the molecule is CC(=Nc1ccccc1)N=C(C)N(C)C.CC(=O)c1cccnc1Oc1ccc(C)cc1.CCC1CCC(C)CC1. The second kappa shape index (κ2) is 17.8. The molecule has 220 valence electrons. The minimum atomic E-state index is -0.0554. The van der Waals surface area contributed by atoms with Gasteiger partial charge < -0.3 is 9.64 Å². The summed E-state index contributed by atoms with van der Waals surface area (Å²) in [5, 5.41) is 0. The van der Waals surface area contributed by atoms with Gasteiger partial charge in [0.1, 0.15) is 17.4 Å². The third-order valence-corrected chi connectivity index (χ3v) is 7.12. The molecule has 0 N–H and O–H groups in total. The minimum absolute atomic E-state index is 0.0554. The van der Waals surface area contributed by atoms with Gasteiger partial charge in [0.25, 0.3) is 0 Å². The number of pyridine rings is 1. The van der Waals surface area contributed by atoms with Crippen LogP contribution in [0.4, 0.5) is 5.69 Å². The van der Waals surface area contributed by atoms with Crippen molar-refractivity contribution >= 4 is 23.1 Å². The first-order valence-corrected chi connectivity index (χ1v) is 14.6.